The van der Waals surface area contributed by atoms with Crippen molar-refractivity contribution in [3.63, 3.8) is 0 Å². The maximum atomic E-state index is 13.6. The third-order valence-electron chi connectivity index (χ3n) is 5.26. The second-order valence-corrected chi connectivity index (χ2v) is 11.2. The van der Waals surface area contributed by atoms with Gasteiger partial charge in [0.1, 0.15) is 28.9 Å². The standard InChI is InChI=1S/C22H29ClN3O9P/c1-13(2)33-19(29)14(3)25-36(31,35-15-8-6-5-7-9-15)32-12-16-18(28)22(4,23)20(34-16)26-11-10-17(27)24-21(26)30/h5-11,13-14,16,18,20,28H,12H2,1-4H3,(H,25,31)(H,24,27,30)/t14-,16+,18+,20+,22?,36+/m0/s1. The lowest BCUT2D eigenvalue weighted by atomic mass is 10.0. The minimum absolute atomic E-state index is 0.200. The quantitative estimate of drug-likeness (QED) is 0.229. The molecule has 1 fully saturated rings. The Labute approximate surface area is 212 Å². The summed E-state index contributed by atoms with van der Waals surface area (Å²) in [6, 6.07) is 8.18. The number of nitrogens with one attached hydrogen (secondary N) is 2. The molecule has 0 amide bonds. The van der Waals surface area contributed by atoms with Crippen LogP contribution in [-0.4, -0.2) is 56.5 Å². The normalized spacial score (nSPS) is 26.4. The molecule has 3 N–H and O–H groups in total. The van der Waals surface area contributed by atoms with Gasteiger partial charge in [0, 0.05) is 12.3 Å². The van der Waals surface area contributed by atoms with Gasteiger partial charge in [-0.1, -0.05) is 18.2 Å². The average Bonchev–Trinajstić information content (AvgIpc) is 3.01. The molecule has 1 aromatic carbocycles. The topological polar surface area (TPSA) is 158 Å². The Bertz CT molecular complexity index is 1220. The molecule has 1 aliphatic heterocycles. The summed E-state index contributed by atoms with van der Waals surface area (Å²) in [5, 5.41) is 13.3. The minimum Gasteiger partial charge on any atom is -0.462 e. The molecule has 0 saturated carbocycles. The van der Waals surface area contributed by atoms with Gasteiger partial charge >= 0.3 is 19.4 Å². The highest BCUT2D eigenvalue weighted by Gasteiger charge is 2.54. The molecule has 6 atom stereocenters. The third-order valence-corrected chi connectivity index (χ3v) is 7.31. The Balaban J connectivity index is 1.80. The SMILES string of the molecule is CC(C)OC(=O)[C@H](C)N[P@@](=O)(OC[C@H]1O[C@@H](n2ccc(=O)[nH]c2=O)C(C)(Cl)[C@@H]1O)Oc1ccccc1. The lowest BCUT2D eigenvalue weighted by molar-refractivity contribution is -0.149. The second-order valence-electron chi connectivity index (χ2n) is 8.67. The van der Waals surface area contributed by atoms with Crippen molar-refractivity contribution in [3.8, 4) is 5.75 Å². The highest BCUT2D eigenvalue weighted by Crippen LogP contribution is 2.48. The third kappa shape index (κ3) is 6.64. The first-order valence-electron chi connectivity index (χ1n) is 11.1. The van der Waals surface area contributed by atoms with E-state index in [0.29, 0.717) is 0 Å². The Morgan fingerprint density at radius 3 is 2.56 bits per heavy atom. The summed E-state index contributed by atoms with van der Waals surface area (Å²) in [6.07, 6.45) is -2.92. The second kappa shape index (κ2) is 11.3. The Kier molecular flexibility index (Phi) is 8.81. The number of carbonyl (C=O) groups is 1. The molecule has 0 bridgehead atoms. The van der Waals surface area contributed by atoms with Crippen molar-refractivity contribution in [2.45, 2.75) is 63.2 Å². The number of para-hydroxylation sites is 1. The van der Waals surface area contributed by atoms with Gasteiger partial charge in [-0.05, 0) is 39.8 Å². The van der Waals surface area contributed by atoms with E-state index in [2.05, 4.69) is 10.1 Å². The average molecular weight is 546 g/mol. The van der Waals surface area contributed by atoms with Crippen molar-refractivity contribution >= 4 is 25.3 Å². The van der Waals surface area contributed by atoms with Crippen molar-refractivity contribution in [1.82, 2.24) is 14.6 Å². The number of aliphatic hydroxyl groups is 1. The summed E-state index contributed by atoms with van der Waals surface area (Å²) in [4.78, 5) is 36.5. The van der Waals surface area contributed by atoms with E-state index in [1.807, 2.05) is 0 Å². The number of alkyl halides is 1. The van der Waals surface area contributed by atoms with Crippen LogP contribution in [0.2, 0.25) is 0 Å². The molecular formula is C22H29ClN3O9P. The molecular weight excluding hydrogens is 517 g/mol. The molecule has 2 heterocycles. The monoisotopic (exact) mass is 545 g/mol. The van der Waals surface area contributed by atoms with Crippen molar-refractivity contribution < 1.29 is 33.0 Å². The van der Waals surface area contributed by atoms with Crippen LogP contribution in [0.5, 0.6) is 5.75 Å². The fraction of sp³-hybridized carbons (Fsp3) is 0.500. The van der Waals surface area contributed by atoms with Gasteiger partial charge in [-0.25, -0.2) is 9.36 Å². The van der Waals surface area contributed by atoms with Crippen LogP contribution in [0.25, 0.3) is 0 Å². The first-order valence-corrected chi connectivity index (χ1v) is 13.1. The number of nitrogens with zero attached hydrogens (tertiary/aromatic N) is 1. The van der Waals surface area contributed by atoms with Crippen LogP contribution < -0.4 is 20.9 Å². The largest absolute Gasteiger partial charge is 0.462 e. The van der Waals surface area contributed by atoms with E-state index in [1.165, 1.54) is 20.0 Å². The maximum absolute atomic E-state index is 13.6. The van der Waals surface area contributed by atoms with Gasteiger partial charge in [-0.15, -0.1) is 11.6 Å². The van der Waals surface area contributed by atoms with E-state index in [4.69, 9.17) is 30.1 Å². The van der Waals surface area contributed by atoms with Crippen LogP contribution in [-0.2, 0) is 23.4 Å². The van der Waals surface area contributed by atoms with Crippen molar-refractivity contribution in [2.24, 2.45) is 0 Å². The van der Waals surface area contributed by atoms with E-state index < -0.39 is 67.0 Å². The Hall–Kier alpha value is -2.47. The van der Waals surface area contributed by atoms with Crippen molar-refractivity contribution in [3.05, 3.63) is 63.4 Å². The Morgan fingerprint density at radius 1 is 1.28 bits per heavy atom. The van der Waals surface area contributed by atoms with Gasteiger partial charge in [0.25, 0.3) is 5.56 Å². The smallest absolute Gasteiger partial charge is 0.459 e. The van der Waals surface area contributed by atoms with E-state index in [1.54, 1.807) is 44.2 Å². The van der Waals surface area contributed by atoms with Crippen LogP contribution in [0, 0.1) is 0 Å². The number of rotatable bonds is 10. The van der Waals surface area contributed by atoms with E-state index in [9.17, 15) is 24.1 Å². The molecule has 1 aromatic heterocycles. The molecule has 0 aliphatic carbocycles. The van der Waals surface area contributed by atoms with Gasteiger partial charge in [-0.2, -0.15) is 5.09 Å². The number of hydrogen-bond donors (Lipinski definition) is 3. The highest BCUT2D eigenvalue weighted by molar-refractivity contribution is 7.52. The number of carbonyl (C=O) groups excluding carboxylic acids is 1. The van der Waals surface area contributed by atoms with Gasteiger partial charge in [0.05, 0.1) is 12.7 Å². The van der Waals surface area contributed by atoms with E-state index in [-0.39, 0.29) is 5.75 Å². The van der Waals surface area contributed by atoms with Gasteiger partial charge in [-0.3, -0.25) is 23.7 Å². The van der Waals surface area contributed by atoms with Gasteiger partial charge in [0.2, 0.25) is 0 Å². The number of H-pyrrole nitrogens is 1. The molecule has 14 heteroatoms. The molecule has 1 unspecified atom stereocenters. The van der Waals surface area contributed by atoms with Gasteiger partial charge < -0.3 is 19.1 Å². The summed E-state index contributed by atoms with van der Waals surface area (Å²) in [5.41, 5.74) is -1.40. The number of aromatic nitrogens is 2. The molecule has 0 radical (unpaired) electrons. The van der Waals surface area contributed by atoms with Crippen LogP contribution in [0.3, 0.4) is 0 Å². The van der Waals surface area contributed by atoms with Crippen LogP contribution >= 0.6 is 19.3 Å². The molecule has 1 saturated heterocycles. The number of halogens is 1. The number of esters is 1. The van der Waals surface area contributed by atoms with Crippen LogP contribution in [0.15, 0.2) is 52.2 Å². The zero-order chi connectivity index (χ0) is 26.7. The Morgan fingerprint density at radius 2 is 1.94 bits per heavy atom. The fourth-order valence-electron chi connectivity index (χ4n) is 3.47. The summed E-state index contributed by atoms with van der Waals surface area (Å²) in [5.74, 6) is -0.473. The number of ether oxygens (including phenoxy) is 2. The zero-order valence-corrected chi connectivity index (χ0v) is 21.8. The molecule has 12 nitrogen and oxygen atoms in total. The molecule has 3 rings (SSSR count). The maximum Gasteiger partial charge on any atom is 0.459 e. The molecule has 1 aliphatic rings. The van der Waals surface area contributed by atoms with Crippen molar-refractivity contribution in [1.29, 1.82) is 0 Å². The predicted molar refractivity (Wildman–Crippen MR) is 130 cm³/mol. The van der Waals surface area contributed by atoms with Gasteiger partial charge in [0.15, 0.2) is 6.23 Å². The number of benzene rings is 1. The lowest BCUT2D eigenvalue weighted by Crippen LogP contribution is -2.43. The summed E-state index contributed by atoms with van der Waals surface area (Å²) in [6.45, 7) is 5.75. The molecule has 2 aromatic rings. The number of aromatic amines is 1. The summed E-state index contributed by atoms with van der Waals surface area (Å²) in [7, 11) is -4.22. The minimum atomic E-state index is -4.22. The van der Waals surface area contributed by atoms with E-state index in [0.717, 1.165) is 10.6 Å². The zero-order valence-electron chi connectivity index (χ0n) is 20.1. The van der Waals surface area contributed by atoms with Crippen LogP contribution in [0.4, 0.5) is 0 Å². The summed E-state index contributed by atoms with van der Waals surface area (Å²) >= 11 is 6.52. The summed E-state index contributed by atoms with van der Waals surface area (Å²) < 4.78 is 36.7. The van der Waals surface area contributed by atoms with Crippen LogP contribution in [0.1, 0.15) is 33.9 Å². The molecule has 198 valence electrons. The first kappa shape index (κ1) is 28.1. The van der Waals surface area contributed by atoms with E-state index >= 15 is 0 Å². The predicted octanol–water partition coefficient (Wildman–Crippen LogP) is 1.93. The lowest BCUT2D eigenvalue weighted by Gasteiger charge is -2.26. The number of hydrogen-bond acceptors (Lipinski definition) is 9. The van der Waals surface area contributed by atoms with Crippen molar-refractivity contribution in [2.75, 3.05) is 6.61 Å². The molecule has 0 spiro atoms. The fourth-order valence-corrected chi connectivity index (χ4v) is 5.27. The number of aliphatic hydroxyl groups excluding tert-OH is 1. The molecule has 36 heavy (non-hydrogen) atoms. The highest BCUT2D eigenvalue weighted by atomic mass is 35.5. The first-order chi connectivity index (χ1) is 16.8.